The number of rotatable bonds is 2. The maximum Gasteiger partial charge on any atom is -1.00 e. The van der Waals surface area contributed by atoms with Crippen molar-refractivity contribution in [1.29, 1.82) is 0 Å². The van der Waals surface area contributed by atoms with Gasteiger partial charge >= 0.3 is 274 Å². The molecule has 44 heavy (non-hydrogen) atoms. The van der Waals surface area contributed by atoms with E-state index in [0.29, 0.717) is 0 Å². The van der Waals surface area contributed by atoms with Gasteiger partial charge < -0.3 is 24.8 Å². The molecule has 4 aliphatic rings. The molecule has 2 aromatic rings. The van der Waals surface area contributed by atoms with E-state index in [4.69, 9.17) is 0 Å². The van der Waals surface area contributed by atoms with E-state index in [-0.39, 0.29) is 46.5 Å². The SMILES string of the molecule is CC(C)=c1c2c(c(C3=CC([Si](C)(C)C)=CC3)c3c1=c1cc4c(cc1=[C]3[Zr+2])C(C)(C)CCC4(C)C)C(C)(C)CCC2(C)C.[Cl-].[Cl-]. The van der Waals surface area contributed by atoms with Crippen molar-refractivity contribution in [3.63, 3.8) is 0 Å². The first kappa shape index (κ1) is 36.2. The van der Waals surface area contributed by atoms with Crippen LogP contribution < -0.4 is 35.3 Å². The fourth-order valence-electron chi connectivity index (χ4n) is 8.70. The number of hydrogen-bond donors (Lipinski definition) is 0. The van der Waals surface area contributed by atoms with Crippen molar-refractivity contribution in [3.8, 4) is 0 Å². The third-order valence-corrected chi connectivity index (χ3v) is 14.9. The van der Waals surface area contributed by atoms with E-state index < -0.39 is 8.07 Å². The minimum absolute atomic E-state index is 0. The van der Waals surface area contributed by atoms with Gasteiger partial charge in [-0.1, -0.05) is 0 Å². The molecular formula is C40H53Cl2SiZr. The molecule has 0 N–H and O–H groups in total. The van der Waals surface area contributed by atoms with Gasteiger partial charge in [-0.3, -0.25) is 0 Å². The summed E-state index contributed by atoms with van der Waals surface area (Å²) in [6.45, 7) is 32.4. The van der Waals surface area contributed by atoms with Crippen LogP contribution in [0.25, 0.3) is 14.4 Å². The maximum atomic E-state index is 2.68. The largest absolute Gasteiger partial charge is 1.00 e. The Morgan fingerprint density at radius 1 is 0.682 bits per heavy atom. The van der Waals surface area contributed by atoms with Crippen molar-refractivity contribution in [1.82, 2.24) is 0 Å². The van der Waals surface area contributed by atoms with Crippen LogP contribution in [0.4, 0.5) is 0 Å². The van der Waals surface area contributed by atoms with Gasteiger partial charge in [0.25, 0.3) is 0 Å². The van der Waals surface area contributed by atoms with Crippen molar-refractivity contribution < 1.29 is 49.5 Å². The third-order valence-electron chi connectivity index (χ3n) is 11.6. The Labute approximate surface area is 296 Å². The fourth-order valence-corrected chi connectivity index (χ4v) is 11.1. The molecule has 0 radical (unpaired) electrons. The van der Waals surface area contributed by atoms with Crippen molar-refractivity contribution in [2.45, 2.75) is 143 Å². The van der Waals surface area contributed by atoms with Gasteiger partial charge in [-0.15, -0.1) is 0 Å². The van der Waals surface area contributed by atoms with Crippen LogP contribution in [0, 0.1) is 10.4 Å². The maximum absolute atomic E-state index is 2.68. The Bertz CT molecular complexity index is 1860. The predicted octanol–water partition coefficient (Wildman–Crippen LogP) is 3.48. The molecule has 0 atom stereocenters. The van der Waals surface area contributed by atoms with Gasteiger partial charge in [0, 0.05) is 0 Å². The molecule has 235 valence electrons. The fraction of sp³-hybridized carbons (Fsp3) is 0.550. The second kappa shape index (κ2) is 11.2. The molecule has 0 aliphatic heterocycles. The van der Waals surface area contributed by atoms with E-state index >= 15 is 0 Å². The first-order valence-electron chi connectivity index (χ1n) is 16.4. The Morgan fingerprint density at radius 3 is 1.64 bits per heavy atom. The molecule has 0 spiro atoms. The number of hydrogen-bond acceptors (Lipinski definition) is 0. The van der Waals surface area contributed by atoms with Crippen LogP contribution in [-0.2, 0) is 46.4 Å². The van der Waals surface area contributed by atoms with Gasteiger partial charge in [-0.25, -0.2) is 0 Å². The Morgan fingerprint density at radius 2 is 1.16 bits per heavy atom. The standard InChI is InChI=1S/C40H53Si.2ClH.Zr/c1-24(2)32-34-28-23-31-30(37(3,4)16-17-38(31,5)6)22-26(28)21-29(34)33(25-14-15-27(20-25)41(11,12)13)36-35(32)39(7,8)18-19-40(36,9)10;;;/h15,20,22-23H,14,16-19H2,1-13H3;2*1H;/q;;;+2/p-2. The molecule has 0 fully saturated rings. The van der Waals surface area contributed by atoms with Crippen molar-refractivity contribution >= 4 is 22.5 Å². The minimum Gasteiger partial charge on any atom is -1.00 e. The van der Waals surface area contributed by atoms with Crippen LogP contribution in [-0.4, -0.2) is 8.07 Å². The molecule has 0 saturated carbocycles. The number of fused-ring (bicyclic) bond motifs is 4. The van der Waals surface area contributed by atoms with Crippen molar-refractivity contribution in [3.05, 3.63) is 83.7 Å². The molecule has 0 bridgehead atoms. The summed E-state index contributed by atoms with van der Waals surface area (Å²) in [5.41, 5.74) is 13.5. The second-order valence-electron chi connectivity index (χ2n) is 17.9. The summed E-state index contributed by atoms with van der Waals surface area (Å²) in [5.74, 6) is 0. The number of halogens is 2. The zero-order valence-corrected chi connectivity index (χ0v) is 34.6. The van der Waals surface area contributed by atoms with Crippen molar-refractivity contribution in [2.75, 3.05) is 0 Å². The van der Waals surface area contributed by atoms with Gasteiger partial charge in [0.1, 0.15) is 0 Å². The smallest absolute Gasteiger partial charge is 1.00 e. The Hall–Kier alpha value is -0.660. The molecule has 4 aliphatic carbocycles. The van der Waals surface area contributed by atoms with E-state index in [1.54, 1.807) is 82.6 Å². The van der Waals surface area contributed by atoms with Gasteiger partial charge in [-0.05, 0) is 0 Å². The van der Waals surface area contributed by atoms with Gasteiger partial charge in [0.05, 0.1) is 0 Å². The summed E-state index contributed by atoms with van der Waals surface area (Å²) in [5, 5.41) is 7.84. The van der Waals surface area contributed by atoms with Crippen LogP contribution in [0.3, 0.4) is 0 Å². The summed E-state index contributed by atoms with van der Waals surface area (Å²) in [6.07, 6.45) is 11.3. The molecule has 2 aromatic carbocycles. The first-order valence-corrected chi connectivity index (χ1v) is 21.2. The Kier molecular flexibility index (Phi) is 9.22. The van der Waals surface area contributed by atoms with Crippen LogP contribution in [0.2, 0.25) is 19.6 Å². The summed E-state index contributed by atoms with van der Waals surface area (Å²) >= 11 is 1.55. The van der Waals surface area contributed by atoms with E-state index in [1.807, 2.05) is 0 Å². The minimum atomic E-state index is -1.40. The predicted molar refractivity (Wildman–Crippen MR) is 182 cm³/mol. The monoisotopic (exact) mass is 721 g/mol. The number of allylic oxidation sites excluding steroid dienone is 4. The van der Waals surface area contributed by atoms with E-state index in [1.165, 1.54) is 41.7 Å². The Balaban J connectivity index is 0.00000221. The average Bonchev–Trinajstić information content (AvgIpc) is 3.47. The zero-order chi connectivity index (χ0) is 30.9. The summed E-state index contributed by atoms with van der Waals surface area (Å²) in [4.78, 5) is 0. The number of benzene rings is 2. The summed E-state index contributed by atoms with van der Waals surface area (Å²) in [7, 11) is -1.40. The van der Waals surface area contributed by atoms with Gasteiger partial charge in [0.15, 0.2) is 0 Å². The molecule has 0 nitrogen and oxygen atoms in total. The van der Waals surface area contributed by atoms with Crippen LogP contribution >= 0.6 is 0 Å². The zero-order valence-electron chi connectivity index (χ0n) is 29.6. The summed E-state index contributed by atoms with van der Waals surface area (Å²) < 4.78 is 1.59. The normalized spacial score (nSPS) is 21.6. The quantitative estimate of drug-likeness (QED) is 0.417. The molecular weight excluding hydrogens is 671 g/mol. The average molecular weight is 724 g/mol. The van der Waals surface area contributed by atoms with E-state index in [2.05, 4.69) is 113 Å². The topological polar surface area (TPSA) is 0 Å². The molecule has 0 aromatic heterocycles. The molecule has 0 saturated heterocycles. The molecule has 6 rings (SSSR count). The van der Waals surface area contributed by atoms with E-state index in [0.717, 1.165) is 6.42 Å². The summed E-state index contributed by atoms with van der Waals surface area (Å²) in [6, 6.07) is 5.35. The van der Waals surface area contributed by atoms with Crippen molar-refractivity contribution in [2.24, 2.45) is 0 Å². The first-order chi connectivity index (χ1) is 19.2. The molecule has 0 heterocycles. The van der Waals surface area contributed by atoms with Gasteiger partial charge in [0.2, 0.25) is 0 Å². The van der Waals surface area contributed by atoms with Crippen LogP contribution in [0.1, 0.15) is 135 Å². The third kappa shape index (κ3) is 5.33. The molecule has 0 amide bonds. The van der Waals surface area contributed by atoms with Crippen LogP contribution in [0.15, 0.2) is 29.5 Å². The van der Waals surface area contributed by atoms with Gasteiger partial charge in [-0.2, -0.15) is 0 Å². The molecule has 4 heteroatoms. The van der Waals surface area contributed by atoms with Crippen LogP contribution in [0.5, 0.6) is 0 Å². The molecule has 0 unspecified atom stereocenters. The second-order valence-corrected chi connectivity index (χ2v) is 24.2. The van der Waals surface area contributed by atoms with E-state index in [9.17, 15) is 0 Å².